The van der Waals surface area contributed by atoms with Crippen molar-refractivity contribution in [3.8, 4) is 6.07 Å². The van der Waals surface area contributed by atoms with Crippen LogP contribution in [0.1, 0.15) is 30.3 Å². The molecule has 1 aromatic rings. The van der Waals surface area contributed by atoms with Gasteiger partial charge < -0.3 is 4.90 Å². The van der Waals surface area contributed by atoms with E-state index in [4.69, 9.17) is 0 Å². The van der Waals surface area contributed by atoms with E-state index in [0.717, 1.165) is 12.8 Å². The van der Waals surface area contributed by atoms with E-state index in [-0.39, 0.29) is 23.2 Å². The molecule has 1 atom stereocenters. The van der Waals surface area contributed by atoms with Crippen molar-refractivity contribution in [2.24, 2.45) is 0 Å². The number of aromatic amines is 1. The van der Waals surface area contributed by atoms with E-state index in [0.29, 0.717) is 26.2 Å². The van der Waals surface area contributed by atoms with Crippen LogP contribution in [0.25, 0.3) is 0 Å². The van der Waals surface area contributed by atoms with E-state index in [1.807, 2.05) is 0 Å². The third-order valence-corrected chi connectivity index (χ3v) is 3.65. The summed E-state index contributed by atoms with van der Waals surface area (Å²) in [7, 11) is 0. The minimum Gasteiger partial charge on any atom is -0.335 e. The molecule has 112 valence electrons. The first-order valence-corrected chi connectivity index (χ1v) is 7.14. The number of piperazine rings is 1. The summed E-state index contributed by atoms with van der Waals surface area (Å²) >= 11 is 0. The summed E-state index contributed by atoms with van der Waals surface area (Å²) in [6, 6.07) is 4.98. The molecular formula is C14H19N5O2. The number of nitriles is 1. The third-order valence-electron chi connectivity index (χ3n) is 3.65. The van der Waals surface area contributed by atoms with E-state index in [2.05, 4.69) is 28.1 Å². The molecule has 0 bridgehead atoms. The molecule has 1 N–H and O–H groups in total. The Labute approximate surface area is 123 Å². The second-order valence-corrected chi connectivity index (χ2v) is 5.07. The molecule has 0 radical (unpaired) electrons. The molecule has 2 rings (SSSR count). The molecule has 1 unspecified atom stereocenters. The van der Waals surface area contributed by atoms with Gasteiger partial charge in [-0.05, 0) is 12.5 Å². The van der Waals surface area contributed by atoms with Gasteiger partial charge in [0.2, 0.25) is 0 Å². The SMILES string of the molecule is CCCC(C#N)N1CCN(C(=O)c2ccc(=O)[nH]n2)CC1. The summed E-state index contributed by atoms with van der Waals surface area (Å²) in [4.78, 5) is 27.0. The van der Waals surface area contributed by atoms with Crippen LogP contribution < -0.4 is 5.56 Å². The molecule has 0 spiro atoms. The summed E-state index contributed by atoms with van der Waals surface area (Å²) in [6.45, 7) is 4.58. The van der Waals surface area contributed by atoms with E-state index < -0.39 is 0 Å². The van der Waals surface area contributed by atoms with Gasteiger partial charge in [0.1, 0.15) is 5.69 Å². The van der Waals surface area contributed by atoms with Crippen LogP contribution in [-0.4, -0.2) is 58.1 Å². The van der Waals surface area contributed by atoms with Gasteiger partial charge in [-0.2, -0.15) is 10.4 Å². The monoisotopic (exact) mass is 289 g/mol. The molecule has 1 aliphatic heterocycles. The van der Waals surface area contributed by atoms with Crippen molar-refractivity contribution in [3.05, 3.63) is 28.2 Å². The minimum atomic E-state index is -0.326. The lowest BCUT2D eigenvalue weighted by Crippen LogP contribution is -2.51. The van der Waals surface area contributed by atoms with E-state index in [1.165, 1.54) is 12.1 Å². The molecule has 0 aromatic carbocycles. The van der Waals surface area contributed by atoms with Crippen molar-refractivity contribution in [3.63, 3.8) is 0 Å². The Hall–Kier alpha value is -2.20. The van der Waals surface area contributed by atoms with Crippen molar-refractivity contribution in [2.45, 2.75) is 25.8 Å². The molecule has 1 amide bonds. The zero-order valence-electron chi connectivity index (χ0n) is 12.1. The number of carbonyl (C=O) groups is 1. The first-order chi connectivity index (χ1) is 10.2. The lowest BCUT2D eigenvalue weighted by molar-refractivity contribution is 0.0594. The van der Waals surface area contributed by atoms with Crippen molar-refractivity contribution in [1.82, 2.24) is 20.0 Å². The van der Waals surface area contributed by atoms with Crippen LogP contribution in [0, 0.1) is 11.3 Å². The van der Waals surface area contributed by atoms with Crippen molar-refractivity contribution in [2.75, 3.05) is 26.2 Å². The molecule has 2 heterocycles. The van der Waals surface area contributed by atoms with Gasteiger partial charge in [0, 0.05) is 32.2 Å². The second kappa shape index (κ2) is 6.99. The van der Waals surface area contributed by atoms with Crippen LogP contribution in [-0.2, 0) is 0 Å². The van der Waals surface area contributed by atoms with Crippen LogP contribution in [0.4, 0.5) is 0 Å². The number of amides is 1. The van der Waals surface area contributed by atoms with Gasteiger partial charge in [0.25, 0.3) is 11.5 Å². The maximum absolute atomic E-state index is 12.2. The second-order valence-electron chi connectivity index (χ2n) is 5.07. The number of hydrogen-bond donors (Lipinski definition) is 1. The van der Waals surface area contributed by atoms with Gasteiger partial charge in [-0.25, -0.2) is 5.10 Å². The van der Waals surface area contributed by atoms with Crippen LogP contribution >= 0.6 is 0 Å². The molecule has 1 aliphatic rings. The van der Waals surface area contributed by atoms with Gasteiger partial charge in [0.05, 0.1) is 12.1 Å². The number of aromatic nitrogens is 2. The molecule has 0 aliphatic carbocycles. The van der Waals surface area contributed by atoms with Crippen LogP contribution in [0.2, 0.25) is 0 Å². The van der Waals surface area contributed by atoms with Crippen molar-refractivity contribution >= 4 is 5.91 Å². The summed E-state index contributed by atoms with van der Waals surface area (Å²) in [5, 5.41) is 15.2. The fraction of sp³-hybridized carbons (Fsp3) is 0.571. The number of H-pyrrole nitrogens is 1. The maximum Gasteiger partial charge on any atom is 0.274 e. The number of nitrogens with one attached hydrogen (secondary N) is 1. The Morgan fingerprint density at radius 1 is 1.43 bits per heavy atom. The fourth-order valence-electron chi connectivity index (χ4n) is 2.46. The molecule has 7 nitrogen and oxygen atoms in total. The van der Waals surface area contributed by atoms with Gasteiger partial charge in [-0.1, -0.05) is 13.3 Å². The molecule has 7 heteroatoms. The zero-order valence-corrected chi connectivity index (χ0v) is 12.1. The predicted octanol–water partition coefficient (Wildman–Crippen LogP) is 0.220. The quantitative estimate of drug-likeness (QED) is 0.856. The Kier molecular flexibility index (Phi) is 5.06. The fourth-order valence-corrected chi connectivity index (χ4v) is 2.46. The smallest absolute Gasteiger partial charge is 0.274 e. The largest absolute Gasteiger partial charge is 0.335 e. The highest BCUT2D eigenvalue weighted by Gasteiger charge is 2.26. The summed E-state index contributed by atoms with van der Waals surface area (Å²) in [5.74, 6) is -0.185. The van der Waals surface area contributed by atoms with Gasteiger partial charge in [0.15, 0.2) is 0 Å². The van der Waals surface area contributed by atoms with Crippen molar-refractivity contribution in [1.29, 1.82) is 5.26 Å². The number of nitrogens with zero attached hydrogens (tertiary/aromatic N) is 4. The Bertz CT molecular complexity index is 563. The molecule has 1 fully saturated rings. The Morgan fingerprint density at radius 3 is 2.67 bits per heavy atom. The maximum atomic E-state index is 12.2. The number of hydrogen-bond acceptors (Lipinski definition) is 5. The van der Waals surface area contributed by atoms with Gasteiger partial charge in [-0.3, -0.25) is 14.5 Å². The molecule has 1 saturated heterocycles. The van der Waals surface area contributed by atoms with Crippen molar-refractivity contribution < 1.29 is 4.79 Å². The first kappa shape index (κ1) is 15.2. The summed E-state index contributed by atoms with van der Waals surface area (Å²) in [6.07, 6.45) is 1.82. The lowest BCUT2D eigenvalue weighted by Gasteiger charge is -2.36. The Morgan fingerprint density at radius 2 is 2.14 bits per heavy atom. The molecular weight excluding hydrogens is 270 g/mol. The van der Waals surface area contributed by atoms with E-state index >= 15 is 0 Å². The predicted molar refractivity (Wildman–Crippen MR) is 76.6 cm³/mol. The molecule has 0 saturated carbocycles. The average Bonchev–Trinajstić information content (AvgIpc) is 2.53. The average molecular weight is 289 g/mol. The van der Waals surface area contributed by atoms with E-state index in [1.54, 1.807) is 4.90 Å². The third kappa shape index (κ3) is 3.67. The molecule has 1 aromatic heterocycles. The number of carbonyl (C=O) groups excluding carboxylic acids is 1. The van der Waals surface area contributed by atoms with Gasteiger partial charge in [-0.15, -0.1) is 0 Å². The van der Waals surface area contributed by atoms with Gasteiger partial charge >= 0.3 is 0 Å². The van der Waals surface area contributed by atoms with E-state index in [9.17, 15) is 14.9 Å². The highest BCUT2D eigenvalue weighted by atomic mass is 16.2. The highest BCUT2D eigenvalue weighted by molar-refractivity contribution is 5.92. The zero-order chi connectivity index (χ0) is 15.2. The van der Waals surface area contributed by atoms with Crippen LogP contribution in [0.5, 0.6) is 0 Å². The Balaban J connectivity index is 1.94. The first-order valence-electron chi connectivity index (χ1n) is 7.14. The van der Waals surface area contributed by atoms with Crippen LogP contribution in [0.15, 0.2) is 16.9 Å². The minimum absolute atomic E-state index is 0.0709. The molecule has 21 heavy (non-hydrogen) atoms. The standard InChI is InChI=1S/C14H19N5O2/c1-2-3-11(10-15)18-6-8-19(9-7-18)14(21)12-4-5-13(20)17-16-12/h4-5,11H,2-3,6-9H2,1H3,(H,17,20). The number of rotatable bonds is 4. The highest BCUT2D eigenvalue weighted by Crippen LogP contribution is 2.12. The van der Waals surface area contributed by atoms with Crippen LogP contribution in [0.3, 0.4) is 0 Å². The normalized spacial score (nSPS) is 17.2. The summed E-state index contributed by atoms with van der Waals surface area (Å²) in [5.41, 5.74) is -0.0822. The summed E-state index contributed by atoms with van der Waals surface area (Å²) < 4.78 is 0. The lowest BCUT2D eigenvalue weighted by atomic mass is 10.1. The topological polar surface area (TPSA) is 93.1 Å².